The third kappa shape index (κ3) is 3.23. The zero-order valence-corrected chi connectivity index (χ0v) is 12.5. The molecule has 0 bridgehead atoms. The molecule has 0 radical (unpaired) electrons. The number of rotatable bonds is 7. The topological polar surface area (TPSA) is 36.4 Å². The molecule has 102 valence electrons. The summed E-state index contributed by atoms with van der Waals surface area (Å²) in [5.74, 6) is 0.731. The molecule has 0 aliphatic heterocycles. The van der Waals surface area contributed by atoms with Crippen LogP contribution in [0.3, 0.4) is 0 Å². The van der Waals surface area contributed by atoms with Gasteiger partial charge in [-0.15, -0.1) is 0 Å². The Morgan fingerprint density at radius 2 is 2.17 bits per heavy atom. The summed E-state index contributed by atoms with van der Waals surface area (Å²) in [6, 6.07) is 0.700. The Bertz CT molecular complexity index is 364. The summed E-state index contributed by atoms with van der Waals surface area (Å²) in [7, 11) is 0. The van der Waals surface area contributed by atoms with Gasteiger partial charge in [-0.3, -0.25) is 0 Å². The Morgan fingerprint density at radius 1 is 1.44 bits per heavy atom. The summed E-state index contributed by atoms with van der Waals surface area (Å²) in [5.41, 5.74) is 1.08. The molecule has 0 atom stereocenters. The van der Waals surface area contributed by atoms with Crippen molar-refractivity contribution in [3.8, 4) is 0 Å². The molecular weight excluding hydrogens is 244 g/mol. The zero-order chi connectivity index (χ0) is 13.1. The number of aliphatic hydroxyl groups excluding tert-OH is 1. The van der Waals surface area contributed by atoms with E-state index in [2.05, 4.69) is 25.7 Å². The van der Waals surface area contributed by atoms with Crippen LogP contribution in [0.15, 0.2) is 0 Å². The van der Waals surface area contributed by atoms with Gasteiger partial charge in [0.05, 0.1) is 17.2 Å². The van der Waals surface area contributed by atoms with Crippen LogP contribution in [0.25, 0.3) is 0 Å². The highest BCUT2D eigenvalue weighted by Gasteiger charge is 2.31. The lowest BCUT2D eigenvalue weighted by Crippen LogP contribution is -2.27. The molecule has 1 aromatic heterocycles. The number of hydrogen-bond donors (Lipinski definition) is 1. The van der Waals surface area contributed by atoms with Gasteiger partial charge in [0.15, 0.2) is 5.13 Å². The second-order valence-corrected chi connectivity index (χ2v) is 6.55. The van der Waals surface area contributed by atoms with Gasteiger partial charge in [-0.1, -0.05) is 32.1 Å². The average molecular weight is 268 g/mol. The molecule has 1 aliphatic carbocycles. The second kappa shape index (κ2) is 6.02. The number of hydrogen-bond acceptors (Lipinski definition) is 4. The van der Waals surface area contributed by atoms with Gasteiger partial charge in [0.25, 0.3) is 0 Å². The summed E-state index contributed by atoms with van der Waals surface area (Å²) >= 11 is 1.68. The van der Waals surface area contributed by atoms with E-state index in [9.17, 15) is 5.11 Å². The quantitative estimate of drug-likeness (QED) is 0.825. The fraction of sp³-hybridized carbons (Fsp3) is 0.786. The maximum absolute atomic E-state index is 9.37. The minimum Gasteiger partial charge on any atom is -0.391 e. The summed E-state index contributed by atoms with van der Waals surface area (Å²) < 4.78 is 0. The molecule has 0 unspecified atom stereocenters. The van der Waals surface area contributed by atoms with E-state index < -0.39 is 0 Å². The molecule has 2 rings (SSSR count). The van der Waals surface area contributed by atoms with Crippen LogP contribution < -0.4 is 4.90 Å². The van der Waals surface area contributed by atoms with Crippen LogP contribution in [-0.2, 0) is 13.0 Å². The SMILES string of the molecule is CCc1nc(N(CCC(C)C)C2CC2)sc1CO. The molecule has 1 saturated carbocycles. The molecule has 18 heavy (non-hydrogen) atoms. The summed E-state index contributed by atoms with van der Waals surface area (Å²) in [6.07, 6.45) is 4.72. The Balaban J connectivity index is 2.12. The average Bonchev–Trinajstić information content (AvgIpc) is 3.08. The number of aliphatic hydroxyl groups is 1. The number of thiazole rings is 1. The van der Waals surface area contributed by atoms with Crippen LogP contribution in [0.2, 0.25) is 0 Å². The Labute approximate surface area is 114 Å². The van der Waals surface area contributed by atoms with E-state index in [-0.39, 0.29) is 6.61 Å². The summed E-state index contributed by atoms with van der Waals surface area (Å²) in [5, 5.41) is 10.5. The molecule has 1 aliphatic rings. The molecule has 3 nitrogen and oxygen atoms in total. The van der Waals surface area contributed by atoms with Crippen molar-refractivity contribution in [1.29, 1.82) is 0 Å². The Kier molecular flexibility index (Phi) is 4.62. The minimum absolute atomic E-state index is 0.128. The van der Waals surface area contributed by atoms with Crippen LogP contribution in [0, 0.1) is 5.92 Å². The summed E-state index contributed by atoms with van der Waals surface area (Å²) in [4.78, 5) is 8.23. The van der Waals surface area contributed by atoms with Crippen molar-refractivity contribution in [2.75, 3.05) is 11.4 Å². The molecule has 1 heterocycles. The lowest BCUT2D eigenvalue weighted by molar-refractivity contribution is 0.284. The van der Waals surface area contributed by atoms with E-state index in [0.29, 0.717) is 6.04 Å². The largest absolute Gasteiger partial charge is 0.391 e. The van der Waals surface area contributed by atoms with E-state index in [4.69, 9.17) is 4.98 Å². The van der Waals surface area contributed by atoms with Gasteiger partial charge in [-0.25, -0.2) is 4.98 Å². The van der Waals surface area contributed by atoms with Crippen LogP contribution in [0.5, 0.6) is 0 Å². The van der Waals surface area contributed by atoms with E-state index in [1.807, 2.05) is 0 Å². The first-order valence-electron chi connectivity index (χ1n) is 7.01. The molecule has 1 aromatic rings. The highest BCUT2D eigenvalue weighted by atomic mass is 32.1. The van der Waals surface area contributed by atoms with Crippen molar-refractivity contribution in [3.05, 3.63) is 10.6 Å². The van der Waals surface area contributed by atoms with Crippen molar-refractivity contribution in [2.24, 2.45) is 5.92 Å². The second-order valence-electron chi connectivity index (χ2n) is 5.49. The monoisotopic (exact) mass is 268 g/mol. The van der Waals surface area contributed by atoms with Gasteiger partial charge in [0, 0.05) is 12.6 Å². The predicted molar refractivity (Wildman–Crippen MR) is 77.2 cm³/mol. The Hall–Kier alpha value is -0.610. The highest BCUT2D eigenvalue weighted by molar-refractivity contribution is 7.15. The number of aromatic nitrogens is 1. The van der Waals surface area contributed by atoms with Crippen LogP contribution in [-0.4, -0.2) is 22.7 Å². The van der Waals surface area contributed by atoms with Crippen LogP contribution in [0.1, 0.15) is 50.6 Å². The van der Waals surface area contributed by atoms with Crippen LogP contribution >= 0.6 is 11.3 Å². The first kappa shape index (κ1) is 13.8. The van der Waals surface area contributed by atoms with Crippen molar-refractivity contribution in [1.82, 2.24) is 4.98 Å². The smallest absolute Gasteiger partial charge is 0.186 e. The maximum atomic E-state index is 9.37. The fourth-order valence-corrected chi connectivity index (χ4v) is 3.22. The van der Waals surface area contributed by atoms with E-state index in [1.165, 1.54) is 19.3 Å². The normalized spacial score (nSPS) is 15.4. The minimum atomic E-state index is 0.128. The third-order valence-electron chi connectivity index (χ3n) is 3.43. The molecule has 1 N–H and O–H groups in total. The molecule has 0 spiro atoms. The lowest BCUT2D eigenvalue weighted by Gasteiger charge is -2.22. The Morgan fingerprint density at radius 3 is 2.61 bits per heavy atom. The van der Waals surface area contributed by atoms with Crippen LogP contribution in [0.4, 0.5) is 5.13 Å². The predicted octanol–water partition coefficient (Wildman–Crippen LogP) is 3.21. The third-order valence-corrected chi connectivity index (χ3v) is 4.55. The van der Waals surface area contributed by atoms with Gasteiger partial charge >= 0.3 is 0 Å². The fourth-order valence-electron chi connectivity index (χ4n) is 2.11. The lowest BCUT2D eigenvalue weighted by atomic mass is 10.1. The first-order valence-corrected chi connectivity index (χ1v) is 7.83. The molecule has 0 saturated heterocycles. The van der Waals surface area contributed by atoms with Crippen molar-refractivity contribution in [3.63, 3.8) is 0 Å². The molecular formula is C14H24N2OS. The number of nitrogens with zero attached hydrogens (tertiary/aromatic N) is 2. The van der Waals surface area contributed by atoms with E-state index in [1.54, 1.807) is 11.3 Å². The van der Waals surface area contributed by atoms with Gasteiger partial charge in [0.1, 0.15) is 0 Å². The standard InChI is InChI=1S/C14H24N2OS/c1-4-12-13(9-17)18-14(15-12)16(11-5-6-11)8-7-10(2)3/h10-11,17H,4-9H2,1-3H3. The van der Waals surface area contributed by atoms with Gasteiger partial charge < -0.3 is 10.0 Å². The van der Waals surface area contributed by atoms with Crippen molar-refractivity contribution < 1.29 is 5.11 Å². The summed E-state index contributed by atoms with van der Waals surface area (Å²) in [6.45, 7) is 7.87. The van der Waals surface area contributed by atoms with Crippen molar-refractivity contribution in [2.45, 2.75) is 59.1 Å². The van der Waals surface area contributed by atoms with Gasteiger partial charge in [-0.05, 0) is 31.6 Å². The van der Waals surface area contributed by atoms with Gasteiger partial charge in [-0.2, -0.15) is 0 Å². The first-order chi connectivity index (χ1) is 8.65. The number of anilines is 1. The molecule has 0 aromatic carbocycles. The number of aryl methyl sites for hydroxylation is 1. The van der Waals surface area contributed by atoms with Gasteiger partial charge in [0.2, 0.25) is 0 Å². The zero-order valence-electron chi connectivity index (χ0n) is 11.6. The highest BCUT2D eigenvalue weighted by Crippen LogP contribution is 2.36. The van der Waals surface area contributed by atoms with E-state index in [0.717, 1.165) is 34.6 Å². The van der Waals surface area contributed by atoms with E-state index >= 15 is 0 Å². The molecule has 0 amide bonds. The molecule has 4 heteroatoms. The molecule has 1 fully saturated rings. The van der Waals surface area contributed by atoms with Crippen molar-refractivity contribution >= 4 is 16.5 Å². The maximum Gasteiger partial charge on any atom is 0.186 e.